The van der Waals surface area contributed by atoms with Gasteiger partial charge >= 0.3 is 5.97 Å². The first kappa shape index (κ1) is 28.4. The van der Waals surface area contributed by atoms with Crippen LogP contribution >= 0.6 is 0 Å². The lowest BCUT2D eigenvalue weighted by atomic mass is 9.73. The Morgan fingerprint density at radius 2 is 1.56 bits per heavy atom. The number of benzene rings is 1. The Kier molecular flexibility index (Phi) is 9.07. The summed E-state index contributed by atoms with van der Waals surface area (Å²) >= 11 is 0. The number of esters is 1. The highest BCUT2D eigenvalue weighted by Crippen LogP contribution is 2.44. The monoisotopic (exact) mass is 549 g/mol. The van der Waals surface area contributed by atoms with Crippen molar-refractivity contribution in [3.63, 3.8) is 0 Å². The average molecular weight is 550 g/mol. The predicted octanol–water partition coefficient (Wildman–Crippen LogP) is 6.17. The number of allylic oxidation sites excluding steroid dienone is 7. The van der Waals surface area contributed by atoms with Gasteiger partial charge in [0.05, 0.1) is 4.91 Å². The number of sulfone groups is 1. The molecule has 2 N–H and O–H groups in total. The van der Waals surface area contributed by atoms with Gasteiger partial charge in [0.25, 0.3) is 5.56 Å². The van der Waals surface area contributed by atoms with E-state index in [2.05, 4.69) is 4.98 Å². The number of hydrogen-bond donors (Lipinski definition) is 2. The number of pyridine rings is 1. The second kappa shape index (κ2) is 12.5. The molecule has 0 radical (unpaired) electrons. The lowest BCUT2D eigenvalue weighted by Gasteiger charge is -2.32. The van der Waals surface area contributed by atoms with Gasteiger partial charge in [-0.15, -0.1) is 0 Å². The molecule has 8 heteroatoms. The van der Waals surface area contributed by atoms with Gasteiger partial charge < -0.3 is 14.8 Å². The number of hydrogen-bond acceptors (Lipinski definition) is 6. The zero-order valence-electron chi connectivity index (χ0n) is 22.2. The van der Waals surface area contributed by atoms with Gasteiger partial charge in [0.2, 0.25) is 9.84 Å². The van der Waals surface area contributed by atoms with Gasteiger partial charge in [-0.2, -0.15) is 0 Å². The van der Waals surface area contributed by atoms with Gasteiger partial charge in [0, 0.05) is 5.56 Å². The maximum absolute atomic E-state index is 13.7. The van der Waals surface area contributed by atoms with E-state index in [4.69, 9.17) is 4.74 Å². The molecule has 206 valence electrons. The minimum Gasteiger partial charge on any atom is -0.506 e. The predicted molar refractivity (Wildman–Crippen MR) is 151 cm³/mol. The SMILES string of the molecule is CC1(c2c(C(=O)OCc3ccccc3)[nH]c(=O)c(S(=O)(=O)C3=C/C=C\C=C/C=C\3)c2O)CCCCCCCC1. The molecule has 1 heterocycles. The molecular formula is C31H35NO6S. The summed E-state index contributed by atoms with van der Waals surface area (Å²) in [6, 6.07) is 9.12. The molecule has 2 aliphatic rings. The fourth-order valence-corrected chi connectivity index (χ4v) is 6.72. The van der Waals surface area contributed by atoms with Gasteiger partial charge in [-0.3, -0.25) is 4.79 Å². The van der Waals surface area contributed by atoms with Crippen LogP contribution in [0.25, 0.3) is 0 Å². The Hall–Kier alpha value is -3.65. The van der Waals surface area contributed by atoms with Gasteiger partial charge in [-0.25, -0.2) is 13.2 Å². The molecule has 1 aromatic carbocycles. The second-order valence-electron chi connectivity index (χ2n) is 10.3. The van der Waals surface area contributed by atoms with Crippen LogP contribution in [0.2, 0.25) is 0 Å². The summed E-state index contributed by atoms with van der Waals surface area (Å²) in [5.74, 6) is -1.49. The van der Waals surface area contributed by atoms with Crippen LogP contribution in [0.4, 0.5) is 0 Å². The Morgan fingerprint density at radius 1 is 0.949 bits per heavy atom. The van der Waals surface area contributed by atoms with E-state index in [1.807, 2.05) is 37.3 Å². The summed E-state index contributed by atoms with van der Waals surface area (Å²) in [4.78, 5) is 28.3. The molecule has 7 nitrogen and oxygen atoms in total. The Bertz CT molecular complexity index is 1470. The first-order chi connectivity index (χ1) is 18.7. The fourth-order valence-electron chi connectivity index (χ4n) is 5.32. The molecule has 0 spiro atoms. The normalized spacial score (nSPS) is 21.5. The van der Waals surface area contributed by atoms with Crippen molar-refractivity contribution < 1.29 is 23.1 Å². The van der Waals surface area contributed by atoms with E-state index in [1.165, 1.54) is 12.2 Å². The van der Waals surface area contributed by atoms with E-state index in [0.717, 1.165) is 44.1 Å². The molecule has 39 heavy (non-hydrogen) atoms. The molecule has 1 saturated carbocycles. The minimum absolute atomic E-state index is 0.0315. The Labute approximate surface area is 229 Å². The van der Waals surface area contributed by atoms with Crippen molar-refractivity contribution >= 4 is 15.8 Å². The molecule has 0 amide bonds. The van der Waals surface area contributed by atoms with Crippen molar-refractivity contribution in [2.45, 2.75) is 75.2 Å². The molecule has 2 aromatic rings. The minimum atomic E-state index is -4.43. The van der Waals surface area contributed by atoms with E-state index in [1.54, 1.807) is 30.4 Å². The maximum atomic E-state index is 13.7. The number of H-pyrrole nitrogens is 1. The van der Waals surface area contributed by atoms with Crippen LogP contribution < -0.4 is 5.56 Å². The molecule has 0 saturated heterocycles. The second-order valence-corrected chi connectivity index (χ2v) is 12.2. The third-order valence-corrected chi connectivity index (χ3v) is 9.23. The third-order valence-electron chi connectivity index (χ3n) is 7.42. The zero-order chi connectivity index (χ0) is 27.9. The molecule has 0 unspecified atom stereocenters. The summed E-state index contributed by atoms with van der Waals surface area (Å²) in [5.41, 5.74) is -1.12. The zero-order valence-corrected chi connectivity index (χ0v) is 23.0. The van der Waals surface area contributed by atoms with Crippen molar-refractivity contribution in [1.29, 1.82) is 0 Å². The largest absolute Gasteiger partial charge is 0.506 e. The van der Waals surface area contributed by atoms with Crippen LogP contribution in [0.3, 0.4) is 0 Å². The van der Waals surface area contributed by atoms with Gasteiger partial charge in [-0.05, 0) is 36.0 Å². The lowest BCUT2D eigenvalue weighted by molar-refractivity contribution is 0.0460. The lowest BCUT2D eigenvalue weighted by Crippen LogP contribution is -2.31. The average Bonchev–Trinajstić information content (AvgIpc) is 2.99. The van der Waals surface area contributed by atoms with Crippen LogP contribution in [0.1, 0.15) is 79.9 Å². The first-order valence-electron chi connectivity index (χ1n) is 13.4. The maximum Gasteiger partial charge on any atom is 0.355 e. The smallest absolute Gasteiger partial charge is 0.355 e. The first-order valence-corrected chi connectivity index (χ1v) is 14.9. The van der Waals surface area contributed by atoms with Crippen LogP contribution in [-0.4, -0.2) is 24.5 Å². The fraction of sp³-hybridized carbons (Fsp3) is 0.355. The summed E-state index contributed by atoms with van der Waals surface area (Å²) < 4.78 is 33.0. The number of aromatic nitrogens is 1. The van der Waals surface area contributed by atoms with E-state index in [9.17, 15) is 23.1 Å². The van der Waals surface area contributed by atoms with Crippen LogP contribution in [-0.2, 0) is 26.6 Å². The van der Waals surface area contributed by atoms with Crippen LogP contribution in [0.5, 0.6) is 5.75 Å². The van der Waals surface area contributed by atoms with E-state index in [0.29, 0.717) is 12.8 Å². The van der Waals surface area contributed by atoms with Crippen LogP contribution in [0.15, 0.2) is 87.5 Å². The standard InChI is InChI=1S/C31H35NO6S/c1-31(20-14-7-2-3-8-15-21-31)25-26(30(35)38-22-23-16-10-9-11-17-23)32-29(34)28(27(25)33)39(36,37)24-18-12-5-4-6-13-19-24/h4-6,9-13,16-19H,2-3,7-8,14-15,20-22H2,1H3,(H2,32,33,34)/b5-4-,6-4?,12-5?,13-6-,18-12-,19-13?,24-18?,24-19+. The number of ether oxygens (including phenoxy) is 1. The number of nitrogens with one attached hydrogen (secondary N) is 1. The summed E-state index contributed by atoms with van der Waals surface area (Å²) in [6.07, 6.45) is 18.1. The van der Waals surface area contributed by atoms with Crippen molar-refractivity contribution in [1.82, 2.24) is 4.98 Å². The molecular weight excluding hydrogens is 514 g/mol. The number of carbonyl (C=O) groups is 1. The van der Waals surface area contributed by atoms with E-state index >= 15 is 0 Å². The Morgan fingerprint density at radius 3 is 2.26 bits per heavy atom. The van der Waals surface area contributed by atoms with Gasteiger partial charge in [0.15, 0.2) is 4.90 Å². The van der Waals surface area contributed by atoms with E-state index < -0.39 is 37.4 Å². The quantitative estimate of drug-likeness (QED) is 0.417. The number of carbonyl (C=O) groups excluding carboxylic acids is 1. The molecule has 0 bridgehead atoms. The van der Waals surface area contributed by atoms with Crippen molar-refractivity contribution in [3.05, 3.63) is 105 Å². The molecule has 0 atom stereocenters. The molecule has 0 aliphatic heterocycles. The third kappa shape index (κ3) is 6.50. The summed E-state index contributed by atoms with van der Waals surface area (Å²) in [6.45, 7) is 1.90. The van der Waals surface area contributed by atoms with Gasteiger partial charge in [-0.1, -0.05) is 106 Å². The molecule has 2 aliphatic carbocycles. The summed E-state index contributed by atoms with van der Waals surface area (Å²) in [5, 5.41) is 11.6. The number of rotatable bonds is 6. The highest BCUT2D eigenvalue weighted by molar-refractivity contribution is 7.95. The molecule has 4 rings (SSSR count). The van der Waals surface area contributed by atoms with Crippen molar-refractivity contribution in [3.8, 4) is 5.75 Å². The van der Waals surface area contributed by atoms with Crippen LogP contribution in [0, 0.1) is 0 Å². The highest BCUT2D eigenvalue weighted by Gasteiger charge is 2.39. The van der Waals surface area contributed by atoms with Crippen molar-refractivity contribution in [2.75, 3.05) is 0 Å². The highest BCUT2D eigenvalue weighted by atomic mass is 32.2. The Balaban J connectivity index is 1.86. The molecule has 1 aromatic heterocycles. The van der Waals surface area contributed by atoms with Gasteiger partial charge in [0.1, 0.15) is 18.1 Å². The van der Waals surface area contributed by atoms with E-state index in [-0.39, 0.29) is 22.8 Å². The summed E-state index contributed by atoms with van der Waals surface area (Å²) in [7, 11) is -4.43. The molecule has 1 fully saturated rings. The number of aromatic amines is 1. The topological polar surface area (TPSA) is 114 Å². The number of aromatic hydroxyl groups is 1. The van der Waals surface area contributed by atoms with Crippen molar-refractivity contribution in [2.24, 2.45) is 0 Å².